The summed E-state index contributed by atoms with van der Waals surface area (Å²) in [4.78, 5) is 2.50. The minimum Gasteiger partial charge on any atom is -0.367 e. The van der Waals surface area contributed by atoms with Gasteiger partial charge in [-0.05, 0) is 61.8 Å². The van der Waals surface area contributed by atoms with Crippen LogP contribution in [0.3, 0.4) is 0 Å². The first kappa shape index (κ1) is 16.4. The molecule has 2 nitrogen and oxygen atoms in total. The van der Waals surface area contributed by atoms with Crippen LogP contribution in [0.4, 0.5) is 5.69 Å². The summed E-state index contributed by atoms with van der Waals surface area (Å²) in [5, 5.41) is 0. The van der Waals surface area contributed by atoms with Crippen molar-refractivity contribution in [1.82, 2.24) is 0 Å². The number of likely N-dealkylation sites (N-methyl/N-ethyl adjacent to an activating group) is 1. The molecule has 1 saturated carbocycles. The van der Waals surface area contributed by atoms with Gasteiger partial charge in [-0.3, -0.25) is 0 Å². The number of rotatable bonds is 4. The third kappa shape index (κ3) is 3.11. The summed E-state index contributed by atoms with van der Waals surface area (Å²) < 4.78 is 0. The fourth-order valence-corrected chi connectivity index (χ4v) is 4.41. The van der Waals surface area contributed by atoms with Crippen molar-refractivity contribution in [1.29, 1.82) is 0 Å². The van der Waals surface area contributed by atoms with Gasteiger partial charge in [0.15, 0.2) is 0 Å². The second-order valence-electron chi connectivity index (χ2n) is 7.31. The zero-order valence-electron chi connectivity index (χ0n) is 14.4. The number of benzene rings is 1. The summed E-state index contributed by atoms with van der Waals surface area (Å²) in [6.45, 7) is 9.82. The number of anilines is 1. The molecule has 0 radical (unpaired) electrons. The monoisotopic (exact) mass is 288 g/mol. The highest BCUT2D eigenvalue weighted by molar-refractivity contribution is 5.53. The highest BCUT2D eigenvalue weighted by atomic mass is 15.2. The van der Waals surface area contributed by atoms with Crippen LogP contribution in [0.2, 0.25) is 0 Å². The molecule has 0 aromatic heterocycles. The molecule has 1 fully saturated rings. The van der Waals surface area contributed by atoms with E-state index in [2.05, 4.69) is 57.8 Å². The molecular weight excluding hydrogens is 256 g/mol. The zero-order valence-corrected chi connectivity index (χ0v) is 14.4. The van der Waals surface area contributed by atoms with Crippen molar-refractivity contribution < 1.29 is 0 Å². The molecule has 1 aliphatic carbocycles. The van der Waals surface area contributed by atoms with E-state index in [0.717, 1.165) is 6.54 Å². The standard InChI is InChI=1S/C19H32N2/c1-14(2)18-8-6-7-9-19(18,13-20)21(5)17-11-15(3)10-16(4)12-17/h10-12,14,18H,6-9,13,20H2,1-5H3. The van der Waals surface area contributed by atoms with Crippen molar-refractivity contribution in [2.24, 2.45) is 17.6 Å². The molecule has 2 unspecified atom stereocenters. The molecule has 0 spiro atoms. The Bertz CT molecular complexity index is 460. The molecule has 0 saturated heterocycles. The smallest absolute Gasteiger partial charge is 0.0551 e. The molecule has 0 aliphatic heterocycles. The molecule has 21 heavy (non-hydrogen) atoms. The first-order valence-electron chi connectivity index (χ1n) is 8.43. The van der Waals surface area contributed by atoms with Gasteiger partial charge in [0.1, 0.15) is 0 Å². The van der Waals surface area contributed by atoms with Crippen LogP contribution in [0.1, 0.15) is 50.7 Å². The summed E-state index contributed by atoms with van der Waals surface area (Å²) in [5.41, 5.74) is 10.4. The van der Waals surface area contributed by atoms with E-state index in [1.165, 1.54) is 42.5 Å². The maximum atomic E-state index is 6.34. The van der Waals surface area contributed by atoms with Gasteiger partial charge in [-0.15, -0.1) is 0 Å². The van der Waals surface area contributed by atoms with Gasteiger partial charge >= 0.3 is 0 Å². The van der Waals surface area contributed by atoms with Crippen LogP contribution in [0.25, 0.3) is 0 Å². The van der Waals surface area contributed by atoms with Gasteiger partial charge in [0, 0.05) is 19.3 Å². The van der Waals surface area contributed by atoms with Crippen LogP contribution < -0.4 is 10.6 Å². The first-order chi connectivity index (χ1) is 9.90. The van der Waals surface area contributed by atoms with E-state index >= 15 is 0 Å². The number of hydrogen-bond acceptors (Lipinski definition) is 2. The lowest BCUT2D eigenvalue weighted by atomic mass is 9.67. The van der Waals surface area contributed by atoms with E-state index in [4.69, 9.17) is 5.73 Å². The molecule has 0 amide bonds. The highest BCUT2D eigenvalue weighted by Crippen LogP contribution is 2.43. The summed E-state index contributed by atoms with van der Waals surface area (Å²) >= 11 is 0. The molecule has 1 aliphatic rings. The van der Waals surface area contributed by atoms with Crippen molar-refractivity contribution in [2.75, 3.05) is 18.5 Å². The molecule has 2 N–H and O–H groups in total. The second kappa shape index (κ2) is 6.39. The van der Waals surface area contributed by atoms with Gasteiger partial charge in [-0.1, -0.05) is 32.8 Å². The maximum absolute atomic E-state index is 6.34. The molecule has 2 atom stereocenters. The van der Waals surface area contributed by atoms with E-state index in [9.17, 15) is 0 Å². The summed E-state index contributed by atoms with van der Waals surface area (Å²) in [5.74, 6) is 1.37. The van der Waals surface area contributed by atoms with Crippen LogP contribution in [0.5, 0.6) is 0 Å². The Morgan fingerprint density at radius 3 is 2.33 bits per heavy atom. The van der Waals surface area contributed by atoms with Crippen molar-refractivity contribution in [3.63, 3.8) is 0 Å². The van der Waals surface area contributed by atoms with Crippen LogP contribution >= 0.6 is 0 Å². The number of hydrogen-bond donors (Lipinski definition) is 1. The molecule has 118 valence electrons. The lowest BCUT2D eigenvalue weighted by Gasteiger charge is -2.52. The SMILES string of the molecule is Cc1cc(C)cc(N(C)C2(CN)CCCCC2C(C)C)c1. The predicted molar refractivity (Wildman–Crippen MR) is 92.9 cm³/mol. The van der Waals surface area contributed by atoms with E-state index in [1.807, 2.05) is 0 Å². The molecular formula is C19H32N2. The fraction of sp³-hybridized carbons (Fsp3) is 0.684. The highest BCUT2D eigenvalue weighted by Gasteiger charge is 2.44. The average molecular weight is 288 g/mol. The number of nitrogens with two attached hydrogens (primary N) is 1. The Hall–Kier alpha value is -1.02. The van der Waals surface area contributed by atoms with Gasteiger partial charge in [0.05, 0.1) is 5.54 Å². The van der Waals surface area contributed by atoms with Crippen molar-refractivity contribution >= 4 is 5.69 Å². The van der Waals surface area contributed by atoms with Crippen molar-refractivity contribution in [2.45, 2.75) is 58.9 Å². The summed E-state index contributed by atoms with van der Waals surface area (Å²) in [6.07, 6.45) is 5.18. The average Bonchev–Trinajstić information content (AvgIpc) is 2.45. The minimum absolute atomic E-state index is 0.118. The Morgan fingerprint density at radius 1 is 1.19 bits per heavy atom. The molecule has 2 heteroatoms. The number of aryl methyl sites for hydroxylation is 2. The third-order valence-electron chi connectivity index (χ3n) is 5.48. The van der Waals surface area contributed by atoms with Crippen LogP contribution in [-0.2, 0) is 0 Å². The molecule has 0 bridgehead atoms. The van der Waals surface area contributed by atoms with Gasteiger partial charge in [0.25, 0.3) is 0 Å². The van der Waals surface area contributed by atoms with Gasteiger partial charge < -0.3 is 10.6 Å². The predicted octanol–water partition coefficient (Wildman–Crippen LogP) is 4.28. The lowest BCUT2D eigenvalue weighted by molar-refractivity contribution is 0.142. The maximum Gasteiger partial charge on any atom is 0.0551 e. The van der Waals surface area contributed by atoms with Crippen LogP contribution in [0, 0.1) is 25.7 Å². The van der Waals surface area contributed by atoms with E-state index in [-0.39, 0.29) is 5.54 Å². The largest absolute Gasteiger partial charge is 0.367 e. The Balaban J connectivity index is 2.41. The van der Waals surface area contributed by atoms with Crippen molar-refractivity contribution in [3.05, 3.63) is 29.3 Å². The Labute approximate surface area is 130 Å². The van der Waals surface area contributed by atoms with Gasteiger partial charge in [-0.2, -0.15) is 0 Å². The van der Waals surface area contributed by atoms with Crippen LogP contribution in [0.15, 0.2) is 18.2 Å². The Kier molecular flexibility index (Phi) is 4.98. The lowest BCUT2D eigenvalue weighted by Crippen LogP contribution is -2.60. The summed E-state index contributed by atoms with van der Waals surface area (Å²) in [7, 11) is 2.25. The molecule has 1 aromatic carbocycles. The number of nitrogens with zero attached hydrogens (tertiary/aromatic N) is 1. The van der Waals surface area contributed by atoms with Crippen molar-refractivity contribution in [3.8, 4) is 0 Å². The molecule has 2 rings (SSSR count). The Morgan fingerprint density at radius 2 is 1.81 bits per heavy atom. The third-order valence-corrected chi connectivity index (χ3v) is 5.48. The van der Waals surface area contributed by atoms with Gasteiger partial charge in [0.2, 0.25) is 0 Å². The fourth-order valence-electron chi connectivity index (χ4n) is 4.41. The molecule has 1 aromatic rings. The first-order valence-corrected chi connectivity index (χ1v) is 8.43. The topological polar surface area (TPSA) is 29.3 Å². The quantitative estimate of drug-likeness (QED) is 0.896. The van der Waals surface area contributed by atoms with Gasteiger partial charge in [-0.25, -0.2) is 0 Å². The molecule has 0 heterocycles. The van der Waals surface area contributed by atoms with E-state index < -0.39 is 0 Å². The minimum atomic E-state index is 0.118. The zero-order chi connectivity index (χ0) is 15.6. The van der Waals surface area contributed by atoms with E-state index in [1.54, 1.807) is 0 Å². The normalized spacial score (nSPS) is 26.1. The van der Waals surface area contributed by atoms with E-state index in [0.29, 0.717) is 11.8 Å². The van der Waals surface area contributed by atoms with Crippen LogP contribution in [-0.4, -0.2) is 19.1 Å². The second-order valence-corrected chi connectivity index (χ2v) is 7.31. The summed E-state index contributed by atoms with van der Waals surface area (Å²) in [6, 6.07) is 6.85.